The zero-order chi connectivity index (χ0) is 14.7. The van der Waals surface area contributed by atoms with Crippen LogP contribution >= 0.6 is 11.6 Å². The Morgan fingerprint density at radius 2 is 2.14 bits per heavy atom. The summed E-state index contributed by atoms with van der Waals surface area (Å²) in [6.07, 6.45) is 8.17. The van der Waals surface area contributed by atoms with Gasteiger partial charge in [-0.1, -0.05) is 36.7 Å². The maximum Gasteiger partial charge on any atom is 0.0892 e. The molecule has 1 unspecified atom stereocenters. The molecule has 2 heterocycles. The summed E-state index contributed by atoms with van der Waals surface area (Å²) in [6.45, 7) is 2.98. The van der Waals surface area contributed by atoms with Crippen LogP contribution in [0.15, 0.2) is 49.1 Å². The third kappa shape index (κ3) is 2.91. The van der Waals surface area contributed by atoms with Gasteiger partial charge in [-0.25, -0.2) is 4.52 Å². The lowest BCUT2D eigenvalue weighted by molar-refractivity contribution is 0.553. The largest absolute Gasteiger partial charge is 0.310 e. The van der Waals surface area contributed by atoms with Crippen LogP contribution in [0.2, 0.25) is 5.02 Å². The van der Waals surface area contributed by atoms with Gasteiger partial charge in [0.15, 0.2) is 0 Å². The van der Waals surface area contributed by atoms with Crippen LogP contribution < -0.4 is 5.32 Å². The Labute approximate surface area is 128 Å². The zero-order valence-electron chi connectivity index (χ0n) is 11.8. The molecule has 0 saturated carbocycles. The summed E-state index contributed by atoms with van der Waals surface area (Å²) in [5.41, 5.74) is 3.30. The van der Waals surface area contributed by atoms with Crippen molar-refractivity contribution in [2.75, 3.05) is 6.54 Å². The third-order valence-corrected chi connectivity index (χ3v) is 3.93. The molecule has 1 N–H and O–H groups in total. The first-order chi connectivity index (χ1) is 10.3. The molecule has 108 valence electrons. The zero-order valence-corrected chi connectivity index (χ0v) is 12.6. The minimum Gasteiger partial charge on any atom is -0.310 e. The quantitative estimate of drug-likeness (QED) is 0.786. The molecule has 0 radical (unpaired) electrons. The fraction of sp³-hybridized carbons (Fsp3) is 0.250. The van der Waals surface area contributed by atoms with E-state index in [9.17, 15) is 0 Å². The second kappa shape index (κ2) is 6.24. The molecule has 0 aliphatic carbocycles. The summed E-state index contributed by atoms with van der Waals surface area (Å²) in [4.78, 5) is 4.20. The van der Waals surface area contributed by atoms with Gasteiger partial charge in [0.2, 0.25) is 0 Å². The predicted octanol–water partition coefficient (Wildman–Crippen LogP) is 3.28. The summed E-state index contributed by atoms with van der Waals surface area (Å²) in [5, 5.41) is 8.70. The second-order valence-corrected chi connectivity index (χ2v) is 5.32. The van der Waals surface area contributed by atoms with Gasteiger partial charge in [0.05, 0.1) is 17.9 Å². The number of aromatic nitrogens is 3. The van der Waals surface area contributed by atoms with Crippen LogP contribution in [0.5, 0.6) is 0 Å². The number of benzene rings is 1. The van der Waals surface area contributed by atoms with Crippen LogP contribution in [0.1, 0.15) is 24.1 Å². The molecule has 0 amide bonds. The number of rotatable bonds is 5. The van der Waals surface area contributed by atoms with Crippen LogP contribution in [-0.2, 0) is 6.42 Å². The Kier molecular flexibility index (Phi) is 4.18. The van der Waals surface area contributed by atoms with Crippen LogP contribution in [0.4, 0.5) is 0 Å². The highest BCUT2D eigenvalue weighted by atomic mass is 35.5. The maximum absolute atomic E-state index is 6.29. The van der Waals surface area contributed by atoms with Crippen LogP contribution in [0.25, 0.3) is 5.52 Å². The van der Waals surface area contributed by atoms with E-state index < -0.39 is 0 Å². The first-order valence-electron chi connectivity index (χ1n) is 7.03. The highest BCUT2D eigenvalue weighted by molar-refractivity contribution is 6.31. The molecule has 3 rings (SSSR count). The van der Waals surface area contributed by atoms with E-state index in [1.165, 1.54) is 0 Å². The highest BCUT2D eigenvalue weighted by Gasteiger charge is 2.17. The summed E-state index contributed by atoms with van der Waals surface area (Å²) < 4.78 is 1.85. The van der Waals surface area contributed by atoms with Crippen molar-refractivity contribution < 1.29 is 0 Å². The van der Waals surface area contributed by atoms with E-state index in [0.717, 1.165) is 34.6 Å². The summed E-state index contributed by atoms with van der Waals surface area (Å²) in [5.74, 6) is 0. The fourth-order valence-corrected chi connectivity index (χ4v) is 2.76. The third-order valence-electron chi connectivity index (χ3n) is 3.56. The van der Waals surface area contributed by atoms with Gasteiger partial charge < -0.3 is 5.32 Å². The molecule has 0 spiro atoms. The van der Waals surface area contributed by atoms with E-state index >= 15 is 0 Å². The average molecular weight is 301 g/mol. The highest BCUT2D eigenvalue weighted by Crippen LogP contribution is 2.25. The molecule has 2 aromatic heterocycles. The van der Waals surface area contributed by atoms with Gasteiger partial charge in [0.1, 0.15) is 0 Å². The molecular weight excluding hydrogens is 284 g/mol. The molecule has 0 bridgehead atoms. The molecule has 1 atom stereocenters. The molecule has 0 fully saturated rings. The molecule has 3 aromatic rings. The smallest absolute Gasteiger partial charge is 0.0892 e. The van der Waals surface area contributed by atoms with E-state index in [-0.39, 0.29) is 6.04 Å². The minimum absolute atomic E-state index is 0.164. The van der Waals surface area contributed by atoms with E-state index in [2.05, 4.69) is 28.4 Å². The van der Waals surface area contributed by atoms with Crippen molar-refractivity contribution in [1.82, 2.24) is 19.9 Å². The number of hydrogen-bond acceptors (Lipinski definition) is 3. The Balaban J connectivity index is 1.96. The number of hydrogen-bond donors (Lipinski definition) is 1. The van der Waals surface area contributed by atoms with Gasteiger partial charge >= 0.3 is 0 Å². The molecule has 1 aromatic carbocycles. The van der Waals surface area contributed by atoms with E-state index in [1.54, 1.807) is 6.20 Å². The molecule has 0 aliphatic rings. The maximum atomic E-state index is 6.29. The summed E-state index contributed by atoms with van der Waals surface area (Å²) in [6, 6.07) is 8.13. The molecule has 4 nitrogen and oxygen atoms in total. The summed E-state index contributed by atoms with van der Waals surface area (Å²) in [7, 11) is 0. The van der Waals surface area contributed by atoms with Crippen LogP contribution in [0, 0.1) is 0 Å². The molecule has 5 heteroatoms. The topological polar surface area (TPSA) is 42.2 Å². The number of fused-ring (bicyclic) bond motifs is 1. The second-order valence-electron chi connectivity index (χ2n) is 4.91. The standard InChI is InChI=1S/C16H17ClN4/c1-2-19-15(9-12-5-3-4-6-14(12)17)13-10-20-21-8-7-18-11-16(13)21/h3-8,10-11,15,19H,2,9H2,1H3. The molecular formula is C16H17ClN4. The number of likely N-dealkylation sites (N-methyl/N-ethyl adjacent to an activating group) is 1. The summed E-state index contributed by atoms with van der Waals surface area (Å²) >= 11 is 6.29. The Hall–Kier alpha value is -1.91. The fourth-order valence-electron chi connectivity index (χ4n) is 2.54. The van der Waals surface area contributed by atoms with Crippen molar-refractivity contribution in [2.45, 2.75) is 19.4 Å². The van der Waals surface area contributed by atoms with Crippen molar-refractivity contribution in [1.29, 1.82) is 0 Å². The lowest BCUT2D eigenvalue weighted by Crippen LogP contribution is -2.23. The van der Waals surface area contributed by atoms with Crippen molar-refractivity contribution in [3.63, 3.8) is 0 Å². The van der Waals surface area contributed by atoms with E-state index in [0.29, 0.717) is 0 Å². The lowest BCUT2D eigenvalue weighted by Gasteiger charge is -2.18. The van der Waals surface area contributed by atoms with Gasteiger partial charge in [-0.05, 0) is 24.6 Å². The molecule has 0 saturated heterocycles. The lowest BCUT2D eigenvalue weighted by atomic mass is 10.00. The van der Waals surface area contributed by atoms with Crippen LogP contribution in [-0.4, -0.2) is 21.1 Å². The van der Waals surface area contributed by atoms with Gasteiger partial charge in [-0.15, -0.1) is 0 Å². The van der Waals surface area contributed by atoms with Gasteiger partial charge in [0.25, 0.3) is 0 Å². The monoisotopic (exact) mass is 300 g/mol. The van der Waals surface area contributed by atoms with E-state index in [1.807, 2.05) is 41.3 Å². The SMILES string of the molecule is CCNC(Cc1ccccc1Cl)c1cnn2ccncc12. The van der Waals surface area contributed by atoms with Crippen molar-refractivity contribution in [3.8, 4) is 0 Å². The Bertz CT molecular complexity index is 738. The van der Waals surface area contributed by atoms with Crippen molar-refractivity contribution >= 4 is 17.1 Å². The van der Waals surface area contributed by atoms with Crippen molar-refractivity contribution in [3.05, 3.63) is 65.2 Å². The van der Waals surface area contributed by atoms with Gasteiger partial charge in [-0.2, -0.15) is 5.10 Å². The molecule has 21 heavy (non-hydrogen) atoms. The number of nitrogens with one attached hydrogen (secondary N) is 1. The predicted molar refractivity (Wildman–Crippen MR) is 84.6 cm³/mol. The molecule has 0 aliphatic heterocycles. The average Bonchev–Trinajstić information content (AvgIpc) is 2.93. The van der Waals surface area contributed by atoms with Gasteiger partial charge in [-0.3, -0.25) is 4.98 Å². The number of nitrogens with zero attached hydrogens (tertiary/aromatic N) is 3. The van der Waals surface area contributed by atoms with Crippen LogP contribution in [0.3, 0.4) is 0 Å². The normalized spacial score (nSPS) is 12.7. The number of halogens is 1. The first kappa shape index (κ1) is 14.0. The van der Waals surface area contributed by atoms with E-state index in [4.69, 9.17) is 11.6 Å². The first-order valence-corrected chi connectivity index (χ1v) is 7.41. The van der Waals surface area contributed by atoms with Gasteiger partial charge in [0, 0.05) is 29.0 Å². The minimum atomic E-state index is 0.164. The Morgan fingerprint density at radius 1 is 1.29 bits per heavy atom. The Morgan fingerprint density at radius 3 is 2.95 bits per heavy atom. The van der Waals surface area contributed by atoms with Crippen molar-refractivity contribution in [2.24, 2.45) is 0 Å².